The molecule has 2 aliphatic rings. The normalized spacial score (nSPS) is 27.5. The van der Waals surface area contributed by atoms with E-state index < -0.39 is 91.3 Å². The minimum absolute atomic E-state index is 0. The first-order chi connectivity index (χ1) is 25.8. The number of nitrogens with one attached hydrogen (secondary N) is 2. The van der Waals surface area contributed by atoms with Crippen LogP contribution in [0.2, 0.25) is 0 Å². The van der Waals surface area contributed by atoms with Crippen molar-refractivity contribution in [1.29, 1.82) is 0 Å². The summed E-state index contributed by atoms with van der Waals surface area (Å²) in [6.45, 7) is -2.05. The van der Waals surface area contributed by atoms with E-state index in [0.717, 1.165) is 0 Å². The third-order valence-corrected chi connectivity index (χ3v) is 12.7. The molecule has 4 aromatic heterocycles. The van der Waals surface area contributed by atoms with Gasteiger partial charge in [-0.2, -0.15) is 4.31 Å². The maximum absolute atomic E-state index is 12.7. The van der Waals surface area contributed by atoms with Crippen LogP contribution < -0.4 is 43.7 Å². The van der Waals surface area contributed by atoms with Gasteiger partial charge in [0, 0.05) is 28.3 Å². The molecule has 6 unspecified atom stereocenters. The maximum Gasteiger partial charge on any atom is 0.487 e. The third-order valence-electron chi connectivity index (χ3n) is 8.46. The van der Waals surface area contributed by atoms with Gasteiger partial charge in [-0.1, -0.05) is 4.98 Å². The highest BCUT2D eigenvalue weighted by Crippen LogP contribution is 2.66. The number of aliphatic hydroxyl groups is 3. The van der Waals surface area contributed by atoms with Crippen LogP contribution in [0.1, 0.15) is 12.5 Å². The molecule has 6 rings (SSSR count). The maximum atomic E-state index is 12.7. The lowest BCUT2D eigenvalue weighted by atomic mass is 10.1. The summed E-state index contributed by atoms with van der Waals surface area (Å²) in [7, 11) is -9.93. The molecule has 0 amide bonds. The molecule has 2 aliphatic heterocycles. The minimum Gasteiger partial charge on any atom is -0.756 e. The number of aryl methyl sites for hydroxylation is 1. The number of nitrogens with zero attached hydrogens (tertiary/aromatic N) is 8. The number of phosphoric acid groups is 3. The molecule has 11 atom stereocenters. The van der Waals surface area contributed by atoms with E-state index in [1.807, 2.05) is 0 Å². The van der Waals surface area contributed by atoms with Crippen LogP contribution in [0.4, 0.5) is 11.8 Å². The molecule has 4 aromatic rings. The fraction of sp³-hybridized carbons (Fsp3) is 0.600. The number of hydrogen-bond acceptors (Lipinski definition) is 24. The summed E-state index contributed by atoms with van der Waals surface area (Å²) in [6, 6.07) is 0. The van der Waals surface area contributed by atoms with Crippen LogP contribution in [0.5, 0.6) is 0 Å². The van der Waals surface area contributed by atoms with Gasteiger partial charge >= 0.3 is 21.3 Å². The third kappa shape index (κ3) is 9.77. The number of ether oxygens (including phenoxy) is 3. The van der Waals surface area contributed by atoms with Crippen molar-refractivity contribution in [2.24, 2.45) is 7.05 Å². The molecule has 30 nitrogen and oxygen atoms in total. The molecule has 0 aromatic carbocycles. The molecule has 0 spiro atoms. The van der Waals surface area contributed by atoms with Crippen LogP contribution in [-0.2, 0) is 52.6 Å². The fourth-order valence-corrected chi connectivity index (χ4v) is 9.43. The number of methoxy groups -OCH3 is 1. The van der Waals surface area contributed by atoms with Gasteiger partial charge in [0.05, 0.1) is 26.6 Å². The van der Waals surface area contributed by atoms with Gasteiger partial charge in [-0.05, 0) is 0 Å². The number of aliphatic hydroxyl groups excluding tert-OH is 3. The number of aromatic amines is 1. The zero-order valence-corrected chi connectivity index (χ0v) is 34.1. The Morgan fingerprint density at radius 3 is 2.28 bits per heavy atom. The second-order valence-electron chi connectivity index (χ2n) is 12.3. The van der Waals surface area contributed by atoms with Crippen LogP contribution in [0.25, 0.3) is 22.3 Å². The smallest absolute Gasteiger partial charge is 0.487 e. The van der Waals surface area contributed by atoms with E-state index >= 15 is 0 Å². The second-order valence-corrected chi connectivity index (χ2v) is 16.9. The van der Waals surface area contributed by atoms with Crippen LogP contribution >= 0.6 is 23.5 Å². The van der Waals surface area contributed by atoms with Crippen molar-refractivity contribution in [2.45, 2.75) is 49.1 Å². The van der Waals surface area contributed by atoms with Gasteiger partial charge in [-0.3, -0.25) is 28.0 Å². The van der Waals surface area contributed by atoms with Crippen molar-refractivity contribution in [1.82, 2.24) is 52.5 Å². The molecule has 328 valence electrons. The van der Waals surface area contributed by atoms with E-state index in [0.29, 0.717) is 11.3 Å². The SMILES string of the molecule is CNc1ncnc2c1ncn2C1OC(COP(=O)(O)OP(=O)(O)OP(=O)([O-])OC[C@H]2O[C@@H]([n+]3cn(C)c4c(=O)[nH]c(N(C)C)nc43)C(O)[C@H]2O)[C@@H](O)[C@H]1OC.N.N.N. The summed E-state index contributed by atoms with van der Waals surface area (Å²) in [5.41, 5.74) is 0.221. The number of anilines is 2. The summed E-state index contributed by atoms with van der Waals surface area (Å²) in [6.07, 6.45) is -7.75. The first-order valence-electron chi connectivity index (χ1n) is 15.9. The molecule has 16 N–H and O–H groups in total. The van der Waals surface area contributed by atoms with Gasteiger partial charge in [0.2, 0.25) is 11.7 Å². The molecule has 58 heavy (non-hydrogen) atoms. The Bertz CT molecular complexity index is 2260. The Kier molecular flexibility index (Phi) is 15.6. The molecular formula is C25H46N13O17P3. The van der Waals surface area contributed by atoms with E-state index in [9.17, 15) is 48.5 Å². The second kappa shape index (κ2) is 18.4. The summed E-state index contributed by atoms with van der Waals surface area (Å²) in [5.74, 6) is 0.544. The van der Waals surface area contributed by atoms with Gasteiger partial charge in [0.1, 0.15) is 48.5 Å². The van der Waals surface area contributed by atoms with Crippen LogP contribution in [0.3, 0.4) is 0 Å². The lowest BCUT2D eigenvalue weighted by molar-refractivity contribution is -0.745. The van der Waals surface area contributed by atoms with Gasteiger partial charge in [-0.15, -0.1) is 0 Å². The molecule has 6 heterocycles. The number of phosphoric ester groups is 2. The first kappa shape index (κ1) is 48.9. The topological polar surface area (TPSA) is 458 Å². The van der Waals surface area contributed by atoms with Crippen LogP contribution in [-0.4, -0.2) is 137 Å². The van der Waals surface area contributed by atoms with E-state index in [1.165, 1.54) is 51.7 Å². The van der Waals surface area contributed by atoms with E-state index in [1.54, 1.807) is 21.1 Å². The fourth-order valence-electron chi connectivity index (χ4n) is 5.94. The standard InChI is InChI=1S/C25H37N10O17P3.3H3N/c1-26-19-13-20(28-8-27-19)34(9-29-13)24-18(46-5)16(37)12(50-24)7-48-54(42,43)52-55(44,45)51-53(40,41)47-6-11-15(36)17(38)23(49-11)35-10-33(4)14-21(35)30-25(32(2)3)31-22(14)39;;;/h8-12,15-18,23-24,36-38H,6-7H2,1-5H3,(H4-,26,27,28,30,31,39,40,41,42,43,44,45);3*1H3/t11-,12?,15+,16-,17?,18-,23-,24?;;;/m1.../s1. The highest BCUT2D eigenvalue weighted by molar-refractivity contribution is 7.66. The molecule has 2 saturated heterocycles. The molecule has 2 fully saturated rings. The lowest BCUT2D eigenvalue weighted by Gasteiger charge is -2.26. The van der Waals surface area contributed by atoms with Gasteiger partial charge in [0.15, 0.2) is 24.0 Å². The molecular weight excluding hydrogens is 847 g/mol. The zero-order chi connectivity index (χ0) is 40.2. The Morgan fingerprint density at radius 2 is 1.64 bits per heavy atom. The predicted octanol–water partition coefficient (Wildman–Crippen LogP) is -2.39. The van der Waals surface area contributed by atoms with Crippen molar-refractivity contribution in [3.8, 4) is 0 Å². The highest BCUT2D eigenvalue weighted by atomic mass is 31.3. The minimum atomic E-state index is -6.01. The number of H-pyrrole nitrogens is 1. The average Bonchev–Trinajstić information content (AvgIpc) is 3.84. The predicted molar refractivity (Wildman–Crippen MR) is 194 cm³/mol. The van der Waals surface area contributed by atoms with Crippen molar-refractivity contribution in [3.63, 3.8) is 0 Å². The van der Waals surface area contributed by atoms with Crippen LogP contribution in [0, 0.1) is 0 Å². The quantitative estimate of drug-likeness (QED) is 0.0439. The van der Waals surface area contributed by atoms with E-state index in [4.69, 9.17) is 18.7 Å². The lowest BCUT2D eigenvalue weighted by Crippen LogP contribution is -2.46. The summed E-state index contributed by atoms with van der Waals surface area (Å²) in [5, 5.41) is 35.0. The number of hydrogen-bond donors (Lipinski definition) is 10. The molecule has 0 radical (unpaired) electrons. The Balaban J connectivity index is 0.00000300. The first-order valence-corrected chi connectivity index (χ1v) is 20.3. The van der Waals surface area contributed by atoms with Crippen molar-refractivity contribution < 1.29 is 80.1 Å². The summed E-state index contributed by atoms with van der Waals surface area (Å²) < 4.78 is 75.9. The Hall–Kier alpha value is -3.45. The van der Waals surface area contributed by atoms with Crippen molar-refractivity contribution in [3.05, 3.63) is 29.3 Å². The largest absolute Gasteiger partial charge is 0.756 e. The molecule has 0 bridgehead atoms. The Labute approximate surface area is 327 Å². The molecule has 33 heteroatoms. The monoisotopic (exact) mass is 893 g/mol. The van der Waals surface area contributed by atoms with Gasteiger partial charge < -0.3 is 77.4 Å². The molecule has 0 saturated carbocycles. The van der Waals surface area contributed by atoms with Crippen molar-refractivity contribution in [2.75, 3.05) is 51.7 Å². The summed E-state index contributed by atoms with van der Waals surface area (Å²) in [4.78, 5) is 66.3. The van der Waals surface area contributed by atoms with E-state index in [2.05, 4.69) is 43.4 Å². The number of fused-ring (bicyclic) bond motifs is 2. The number of aromatic nitrogens is 8. The summed E-state index contributed by atoms with van der Waals surface area (Å²) >= 11 is 0. The van der Waals surface area contributed by atoms with Crippen LogP contribution in [0.15, 0.2) is 23.8 Å². The average molecular weight is 894 g/mol. The van der Waals surface area contributed by atoms with E-state index in [-0.39, 0.29) is 41.2 Å². The number of rotatable bonds is 15. The number of imidazole rings is 2. The van der Waals surface area contributed by atoms with Crippen molar-refractivity contribution >= 4 is 57.6 Å². The van der Waals surface area contributed by atoms with Gasteiger partial charge in [0.25, 0.3) is 19.3 Å². The van der Waals surface area contributed by atoms with Gasteiger partial charge in [-0.25, -0.2) is 33.0 Å². The molecule has 0 aliphatic carbocycles. The highest BCUT2D eigenvalue weighted by Gasteiger charge is 2.49. The Morgan fingerprint density at radius 1 is 0.983 bits per heavy atom. The zero-order valence-electron chi connectivity index (χ0n) is 31.4.